The fourth-order valence-corrected chi connectivity index (χ4v) is 2.18. The summed E-state index contributed by atoms with van der Waals surface area (Å²) in [6.07, 6.45) is 0. The summed E-state index contributed by atoms with van der Waals surface area (Å²) >= 11 is 6.16. The molecule has 0 saturated carbocycles. The number of ether oxygens (including phenoxy) is 1. The number of esters is 1. The lowest BCUT2D eigenvalue weighted by molar-refractivity contribution is -0.128. The number of rotatable bonds is 5. The normalized spacial score (nSPS) is 10.9. The third kappa shape index (κ3) is 5.23. The number of halogens is 1. The van der Waals surface area contributed by atoms with Crippen molar-refractivity contribution in [1.82, 2.24) is 5.32 Å². The number of anilines is 1. The lowest BCUT2D eigenvalue weighted by Crippen LogP contribution is -2.41. The van der Waals surface area contributed by atoms with Crippen molar-refractivity contribution in [3.05, 3.63) is 28.8 Å². The fourth-order valence-electron chi connectivity index (χ4n) is 1.96. The van der Waals surface area contributed by atoms with Crippen LogP contribution >= 0.6 is 11.6 Å². The van der Waals surface area contributed by atoms with Crippen LogP contribution < -0.4 is 10.2 Å². The minimum absolute atomic E-state index is 0.111. The van der Waals surface area contributed by atoms with Gasteiger partial charge in [-0.05, 0) is 18.2 Å². The smallest absolute Gasteiger partial charge is 0.337 e. The van der Waals surface area contributed by atoms with Crippen molar-refractivity contribution in [2.45, 2.75) is 27.7 Å². The maximum Gasteiger partial charge on any atom is 0.337 e. The highest BCUT2D eigenvalue weighted by Gasteiger charge is 2.22. The molecule has 0 atom stereocenters. The molecule has 0 radical (unpaired) electrons. The molecular weight excluding hydrogens is 332 g/mol. The summed E-state index contributed by atoms with van der Waals surface area (Å²) in [5.74, 6) is -0.873. The number of amides is 2. The van der Waals surface area contributed by atoms with Gasteiger partial charge in [-0.2, -0.15) is 0 Å². The molecule has 0 aliphatic heterocycles. The van der Waals surface area contributed by atoms with Crippen molar-refractivity contribution < 1.29 is 19.1 Å². The predicted molar refractivity (Wildman–Crippen MR) is 93.3 cm³/mol. The summed E-state index contributed by atoms with van der Waals surface area (Å²) in [7, 11) is 1.28. The van der Waals surface area contributed by atoms with Gasteiger partial charge in [0.25, 0.3) is 0 Å². The molecule has 6 nitrogen and oxygen atoms in total. The third-order valence-corrected chi connectivity index (χ3v) is 3.66. The van der Waals surface area contributed by atoms with Gasteiger partial charge in [0.15, 0.2) is 0 Å². The van der Waals surface area contributed by atoms with Gasteiger partial charge in [-0.25, -0.2) is 4.79 Å². The summed E-state index contributed by atoms with van der Waals surface area (Å²) in [5, 5.41) is 3.11. The largest absolute Gasteiger partial charge is 0.465 e. The minimum Gasteiger partial charge on any atom is -0.465 e. The van der Waals surface area contributed by atoms with Crippen LogP contribution in [0.15, 0.2) is 18.2 Å². The van der Waals surface area contributed by atoms with Crippen LogP contribution in [-0.4, -0.2) is 38.0 Å². The van der Waals surface area contributed by atoms with E-state index in [2.05, 4.69) is 10.1 Å². The highest BCUT2D eigenvalue weighted by molar-refractivity contribution is 6.34. The van der Waals surface area contributed by atoms with Gasteiger partial charge in [0.2, 0.25) is 11.8 Å². The first kappa shape index (κ1) is 20.0. The van der Waals surface area contributed by atoms with Gasteiger partial charge >= 0.3 is 5.97 Å². The van der Waals surface area contributed by atoms with Crippen LogP contribution in [0.4, 0.5) is 5.69 Å². The van der Waals surface area contributed by atoms with E-state index in [1.54, 1.807) is 0 Å². The molecule has 0 heterocycles. The van der Waals surface area contributed by atoms with Crippen LogP contribution in [0.3, 0.4) is 0 Å². The molecule has 1 rings (SSSR count). The van der Waals surface area contributed by atoms with Crippen molar-refractivity contribution in [3.63, 3.8) is 0 Å². The highest BCUT2D eigenvalue weighted by Crippen LogP contribution is 2.27. The Hall–Kier alpha value is -2.08. The zero-order valence-electron chi connectivity index (χ0n) is 14.6. The van der Waals surface area contributed by atoms with E-state index in [1.165, 1.54) is 37.1 Å². The van der Waals surface area contributed by atoms with Crippen molar-refractivity contribution >= 4 is 35.1 Å². The second kappa shape index (κ2) is 8.15. The fraction of sp³-hybridized carbons (Fsp3) is 0.471. The molecule has 0 aliphatic rings. The van der Waals surface area contributed by atoms with Crippen LogP contribution in [0.1, 0.15) is 38.1 Å². The molecule has 0 bridgehead atoms. The van der Waals surface area contributed by atoms with Gasteiger partial charge in [-0.3, -0.25) is 9.59 Å². The van der Waals surface area contributed by atoms with Crippen LogP contribution in [-0.2, 0) is 14.3 Å². The molecule has 24 heavy (non-hydrogen) atoms. The molecule has 0 fully saturated rings. The number of benzene rings is 1. The van der Waals surface area contributed by atoms with E-state index in [1.807, 2.05) is 20.8 Å². The van der Waals surface area contributed by atoms with Gasteiger partial charge < -0.3 is 15.0 Å². The monoisotopic (exact) mass is 354 g/mol. The summed E-state index contributed by atoms with van der Waals surface area (Å²) in [4.78, 5) is 36.9. The first-order valence-corrected chi connectivity index (χ1v) is 7.90. The van der Waals surface area contributed by atoms with Crippen molar-refractivity contribution in [2.75, 3.05) is 25.1 Å². The number of nitrogens with zero attached hydrogens (tertiary/aromatic N) is 1. The Morgan fingerprint density at radius 3 is 2.38 bits per heavy atom. The van der Waals surface area contributed by atoms with E-state index < -0.39 is 11.4 Å². The Morgan fingerprint density at radius 1 is 1.25 bits per heavy atom. The molecule has 0 saturated heterocycles. The Kier molecular flexibility index (Phi) is 6.78. The quantitative estimate of drug-likeness (QED) is 0.825. The average molecular weight is 355 g/mol. The standard InChI is InChI=1S/C17H23ClN2O4/c1-11(21)20(9-8-19-16(23)17(2,3)4)14-10-12(15(22)24-5)6-7-13(14)18/h6-7,10H,8-9H2,1-5H3,(H,19,23). The number of hydrogen-bond acceptors (Lipinski definition) is 4. The van der Waals surface area contributed by atoms with E-state index in [-0.39, 0.29) is 24.9 Å². The maximum absolute atomic E-state index is 12.0. The summed E-state index contributed by atoms with van der Waals surface area (Å²) in [6.45, 7) is 7.33. The SMILES string of the molecule is COC(=O)c1ccc(Cl)c(N(CCNC(=O)C(C)(C)C)C(C)=O)c1. The molecule has 2 amide bonds. The molecule has 132 valence electrons. The topological polar surface area (TPSA) is 75.7 Å². The molecule has 1 aromatic carbocycles. The second-order valence-corrected chi connectivity index (χ2v) is 6.74. The predicted octanol–water partition coefficient (Wildman–Crippen LogP) is 2.64. The van der Waals surface area contributed by atoms with Crippen LogP contribution in [0, 0.1) is 5.41 Å². The molecule has 7 heteroatoms. The number of carbonyl (C=O) groups excluding carboxylic acids is 3. The zero-order chi connectivity index (χ0) is 18.5. The van der Waals surface area contributed by atoms with Gasteiger partial charge in [0.05, 0.1) is 23.4 Å². The highest BCUT2D eigenvalue weighted by atomic mass is 35.5. The van der Waals surface area contributed by atoms with Crippen LogP contribution in [0.25, 0.3) is 0 Å². The van der Waals surface area contributed by atoms with Gasteiger partial charge in [-0.15, -0.1) is 0 Å². The lowest BCUT2D eigenvalue weighted by atomic mass is 9.96. The van der Waals surface area contributed by atoms with Gasteiger partial charge in [0.1, 0.15) is 0 Å². The summed E-state index contributed by atoms with van der Waals surface area (Å²) < 4.78 is 4.68. The average Bonchev–Trinajstić information content (AvgIpc) is 2.50. The lowest BCUT2D eigenvalue weighted by Gasteiger charge is -2.24. The van der Waals surface area contributed by atoms with Crippen LogP contribution in [0.2, 0.25) is 5.02 Å². The molecular formula is C17H23ClN2O4. The van der Waals surface area contributed by atoms with E-state index >= 15 is 0 Å². The molecule has 1 aromatic rings. The molecule has 1 N–H and O–H groups in total. The summed E-state index contributed by atoms with van der Waals surface area (Å²) in [6, 6.07) is 4.56. The van der Waals surface area contributed by atoms with Crippen molar-refractivity contribution in [1.29, 1.82) is 0 Å². The molecule has 0 aliphatic carbocycles. The maximum atomic E-state index is 12.0. The van der Waals surface area contributed by atoms with E-state index in [0.29, 0.717) is 16.3 Å². The zero-order valence-corrected chi connectivity index (χ0v) is 15.4. The summed E-state index contributed by atoms with van der Waals surface area (Å²) in [5.41, 5.74) is 0.183. The Balaban J connectivity index is 2.95. The molecule has 0 spiro atoms. The Bertz CT molecular complexity index is 638. The number of hydrogen-bond donors (Lipinski definition) is 1. The Labute approximate surface area is 147 Å². The van der Waals surface area contributed by atoms with E-state index in [0.717, 1.165) is 0 Å². The number of carbonyl (C=O) groups is 3. The van der Waals surface area contributed by atoms with Gasteiger partial charge in [-0.1, -0.05) is 32.4 Å². The number of methoxy groups -OCH3 is 1. The van der Waals surface area contributed by atoms with Gasteiger partial charge in [0, 0.05) is 25.4 Å². The van der Waals surface area contributed by atoms with E-state index in [4.69, 9.17) is 11.6 Å². The van der Waals surface area contributed by atoms with Crippen LogP contribution in [0.5, 0.6) is 0 Å². The number of nitrogens with one attached hydrogen (secondary N) is 1. The van der Waals surface area contributed by atoms with E-state index in [9.17, 15) is 14.4 Å². The third-order valence-electron chi connectivity index (χ3n) is 3.34. The first-order chi connectivity index (χ1) is 11.1. The minimum atomic E-state index is -0.516. The van der Waals surface area contributed by atoms with Crippen molar-refractivity contribution in [3.8, 4) is 0 Å². The first-order valence-electron chi connectivity index (χ1n) is 7.52. The second-order valence-electron chi connectivity index (χ2n) is 6.33. The molecule has 0 aromatic heterocycles. The van der Waals surface area contributed by atoms with Crippen molar-refractivity contribution in [2.24, 2.45) is 5.41 Å². The molecule has 0 unspecified atom stereocenters. The Morgan fingerprint density at radius 2 is 1.88 bits per heavy atom.